The predicted octanol–water partition coefficient (Wildman–Crippen LogP) is 3.91. The van der Waals surface area contributed by atoms with Gasteiger partial charge in [0.25, 0.3) is 5.91 Å². The summed E-state index contributed by atoms with van der Waals surface area (Å²) in [6, 6.07) is 7.67. The van der Waals surface area contributed by atoms with E-state index in [0.29, 0.717) is 42.2 Å². The number of ether oxygens (including phenoxy) is 2. The lowest BCUT2D eigenvalue weighted by Gasteiger charge is -2.11. The van der Waals surface area contributed by atoms with Crippen LogP contribution in [0.1, 0.15) is 34.2 Å². The molecule has 0 spiro atoms. The second-order valence-corrected chi connectivity index (χ2v) is 6.60. The molecule has 0 fully saturated rings. The zero-order chi connectivity index (χ0) is 21.9. The molecule has 6 nitrogen and oxygen atoms in total. The van der Waals surface area contributed by atoms with E-state index in [2.05, 4.69) is 10.3 Å². The van der Waals surface area contributed by atoms with Crippen LogP contribution in [0.4, 0.5) is 13.2 Å². The van der Waals surface area contributed by atoms with E-state index in [1.165, 1.54) is 17.6 Å². The van der Waals surface area contributed by atoms with Crippen LogP contribution in [0.3, 0.4) is 0 Å². The van der Waals surface area contributed by atoms with E-state index < -0.39 is 17.6 Å². The number of nitrogens with zero attached hydrogens (tertiary/aromatic N) is 2. The van der Waals surface area contributed by atoms with E-state index in [9.17, 15) is 18.0 Å². The molecule has 3 rings (SSSR count). The summed E-state index contributed by atoms with van der Waals surface area (Å²) in [6.45, 7) is 2.09. The fourth-order valence-electron chi connectivity index (χ4n) is 3.19. The lowest BCUT2D eigenvalue weighted by Crippen LogP contribution is -2.28. The van der Waals surface area contributed by atoms with Gasteiger partial charge in [-0.25, -0.2) is 4.98 Å². The first-order valence-corrected chi connectivity index (χ1v) is 9.35. The van der Waals surface area contributed by atoms with E-state index in [4.69, 9.17) is 9.47 Å². The number of amides is 1. The standard InChI is InChI=1S/C21H22F3N3O3/c1-4-15-19(27-12-14(21(22,23)24)6-8-18(27)26-15)20(28)25-10-9-13-5-7-16(29-2)17(11-13)30-3/h5-8,11-12H,4,9-10H2,1-3H3,(H,25,28). The highest BCUT2D eigenvalue weighted by molar-refractivity contribution is 5.94. The molecule has 0 aliphatic heterocycles. The number of hydrogen-bond donors (Lipinski definition) is 1. The zero-order valence-electron chi connectivity index (χ0n) is 16.8. The molecule has 0 atom stereocenters. The average Bonchev–Trinajstić information content (AvgIpc) is 3.10. The normalized spacial score (nSPS) is 11.5. The van der Waals surface area contributed by atoms with Gasteiger partial charge in [0.05, 0.1) is 25.5 Å². The first kappa shape index (κ1) is 21.5. The minimum absolute atomic E-state index is 0.117. The number of methoxy groups -OCH3 is 2. The van der Waals surface area contributed by atoms with Crippen molar-refractivity contribution in [2.24, 2.45) is 0 Å². The highest BCUT2D eigenvalue weighted by atomic mass is 19.4. The third-order valence-corrected chi connectivity index (χ3v) is 4.72. The molecule has 30 heavy (non-hydrogen) atoms. The first-order chi connectivity index (χ1) is 14.3. The molecule has 0 saturated heterocycles. The van der Waals surface area contributed by atoms with Crippen molar-refractivity contribution in [3.63, 3.8) is 0 Å². The Balaban J connectivity index is 1.79. The van der Waals surface area contributed by atoms with Crippen molar-refractivity contribution in [2.75, 3.05) is 20.8 Å². The SMILES string of the molecule is CCc1nc2ccc(C(F)(F)F)cn2c1C(=O)NCCc1ccc(OC)c(OC)c1. The van der Waals surface area contributed by atoms with Crippen molar-refractivity contribution in [3.05, 3.63) is 59.0 Å². The smallest absolute Gasteiger partial charge is 0.417 e. The number of nitrogens with one attached hydrogen (secondary N) is 1. The summed E-state index contributed by atoms with van der Waals surface area (Å²) in [5.41, 5.74) is 0.935. The maximum absolute atomic E-state index is 13.1. The number of pyridine rings is 1. The molecule has 1 aromatic carbocycles. The van der Waals surface area contributed by atoms with Crippen molar-refractivity contribution < 1.29 is 27.4 Å². The molecule has 9 heteroatoms. The number of rotatable bonds is 7. The van der Waals surface area contributed by atoms with E-state index in [-0.39, 0.29) is 5.69 Å². The lowest BCUT2D eigenvalue weighted by atomic mass is 10.1. The van der Waals surface area contributed by atoms with Crippen LogP contribution in [0.5, 0.6) is 11.5 Å². The third kappa shape index (κ3) is 4.34. The van der Waals surface area contributed by atoms with Gasteiger partial charge in [-0.1, -0.05) is 13.0 Å². The zero-order valence-corrected chi connectivity index (χ0v) is 16.8. The average molecular weight is 421 g/mol. The van der Waals surface area contributed by atoms with Crippen LogP contribution in [0.15, 0.2) is 36.5 Å². The highest BCUT2D eigenvalue weighted by Gasteiger charge is 2.31. The summed E-state index contributed by atoms with van der Waals surface area (Å²) in [5.74, 6) is 0.708. The molecule has 1 N–H and O–H groups in total. The van der Waals surface area contributed by atoms with Crippen LogP contribution < -0.4 is 14.8 Å². The Morgan fingerprint density at radius 3 is 2.50 bits per heavy atom. The van der Waals surface area contributed by atoms with Crippen LogP contribution in [-0.4, -0.2) is 36.1 Å². The summed E-state index contributed by atoms with van der Waals surface area (Å²) >= 11 is 0. The Labute approximate surface area is 171 Å². The van der Waals surface area contributed by atoms with Crippen LogP contribution in [0.2, 0.25) is 0 Å². The topological polar surface area (TPSA) is 64.9 Å². The number of carbonyl (C=O) groups is 1. The second-order valence-electron chi connectivity index (χ2n) is 6.60. The summed E-state index contributed by atoms with van der Waals surface area (Å²) in [7, 11) is 3.08. The summed E-state index contributed by atoms with van der Waals surface area (Å²) in [5, 5.41) is 2.77. The Bertz CT molecular complexity index is 1060. The van der Waals surface area contributed by atoms with Crippen LogP contribution in [0.25, 0.3) is 5.65 Å². The molecule has 0 unspecified atom stereocenters. The molecule has 0 aliphatic carbocycles. The van der Waals surface area contributed by atoms with Gasteiger partial charge >= 0.3 is 6.18 Å². The fraction of sp³-hybridized carbons (Fsp3) is 0.333. The van der Waals surface area contributed by atoms with E-state index in [1.807, 2.05) is 12.1 Å². The Kier molecular flexibility index (Phi) is 6.19. The maximum Gasteiger partial charge on any atom is 0.417 e. The molecule has 0 bridgehead atoms. The molecule has 0 saturated carbocycles. The number of halogens is 3. The van der Waals surface area contributed by atoms with E-state index in [1.54, 1.807) is 20.1 Å². The number of fused-ring (bicyclic) bond motifs is 1. The van der Waals surface area contributed by atoms with Gasteiger partial charge in [0, 0.05) is 12.7 Å². The Morgan fingerprint density at radius 2 is 1.87 bits per heavy atom. The number of carbonyl (C=O) groups excluding carboxylic acids is 1. The minimum Gasteiger partial charge on any atom is -0.493 e. The number of benzene rings is 1. The largest absolute Gasteiger partial charge is 0.493 e. The van der Waals surface area contributed by atoms with Gasteiger partial charge in [-0.05, 0) is 42.7 Å². The second kappa shape index (κ2) is 8.64. The highest BCUT2D eigenvalue weighted by Crippen LogP contribution is 2.30. The molecule has 2 heterocycles. The Hall–Kier alpha value is -3.23. The quantitative estimate of drug-likeness (QED) is 0.628. The number of hydrogen-bond acceptors (Lipinski definition) is 4. The third-order valence-electron chi connectivity index (χ3n) is 4.72. The number of aromatic nitrogens is 2. The van der Waals surface area contributed by atoms with Crippen molar-refractivity contribution in [3.8, 4) is 11.5 Å². The molecule has 3 aromatic rings. The van der Waals surface area contributed by atoms with Crippen LogP contribution in [0, 0.1) is 0 Å². The van der Waals surface area contributed by atoms with Gasteiger partial charge in [0.15, 0.2) is 11.5 Å². The predicted molar refractivity (Wildman–Crippen MR) is 105 cm³/mol. The van der Waals surface area contributed by atoms with Crippen molar-refractivity contribution in [1.29, 1.82) is 0 Å². The van der Waals surface area contributed by atoms with Crippen molar-refractivity contribution in [1.82, 2.24) is 14.7 Å². The molecule has 0 radical (unpaired) electrons. The van der Waals surface area contributed by atoms with Gasteiger partial charge in [-0.2, -0.15) is 13.2 Å². The molecule has 160 valence electrons. The number of imidazole rings is 1. The van der Waals surface area contributed by atoms with Gasteiger partial charge < -0.3 is 14.8 Å². The molecule has 0 aliphatic rings. The lowest BCUT2D eigenvalue weighted by molar-refractivity contribution is -0.137. The minimum atomic E-state index is -4.51. The molecular weight excluding hydrogens is 399 g/mol. The summed E-state index contributed by atoms with van der Waals surface area (Å²) in [6.07, 6.45) is -2.67. The molecule has 1 amide bonds. The summed E-state index contributed by atoms with van der Waals surface area (Å²) < 4.78 is 50.9. The van der Waals surface area contributed by atoms with Crippen LogP contribution >= 0.6 is 0 Å². The van der Waals surface area contributed by atoms with Crippen molar-refractivity contribution >= 4 is 11.6 Å². The summed E-state index contributed by atoms with van der Waals surface area (Å²) in [4.78, 5) is 17.1. The van der Waals surface area contributed by atoms with E-state index in [0.717, 1.165) is 17.8 Å². The maximum atomic E-state index is 13.1. The van der Waals surface area contributed by atoms with Crippen molar-refractivity contribution in [2.45, 2.75) is 25.9 Å². The van der Waals surface area contributed by atoms with Gasteiger partial charge in [0.2, 0.25) is 0 Å². The molecular formula is C21H22F3N3O3. The van der Waals surface area contributed by atoms with Gasteiger partial charge in [-0.3, -0.25) is 9.20 Å². The number of alkyl halides is 3. The van der Waals surface area contributed by atoms with E-state index >= 15 is 0 Å². The van der Waals surface area contributed by atoms with Crippen LogP contribution in [-0.2, 0) is 19.0 Å². The van der Waals surface area contributed by atoms with Gasteiger partial charge in [-0.15, -0.1) is 0 Å². The fourth-order valence-corrected chi connectivity index (χ4v) is 3.19. The first-order valence-electron chi connectivity index (χ1n) is 9.35. The molecule has 2 aromatic heterocycles. The number of aryl methyl sites for hydroxylation is 1. The van der Waals surface area contributed by atoms with Gasteiger partial charge in [0.1, 0.15) is 11.3 Å². The monoisotopic (exact) mass is 421 g/mol. The Morgan fingerprint density at radius 1 is 1.13 bits per heavy atom.